The number of aromatic nitrogens is 3. The van der Waals surface area contributed by atoms with Gasteiger partial charge in [0.2, 0.25) is 0 Å². The van der Waals surface area contributed by atoms with Gasteiger partial charge in [-0.25, -0.2) is 4.68 Å². The number of halogens is 1. The third-order valence-corrected chi connectivity index (χ3v) is 5.18. The second kappa shape index (κ2) is 9.19. The Kier molecular flexibility index (Phi) is 6.68. The number of nitrogens with zero attached hydrogens (tertiary/aromatic N) is 3. The van der Waals surface area contributed by atoms with E-state index in [1.165, 1.54) is 6.42 Å². The lowest BCUT2D eigenvalue weighted by Gasteiger charge is -2.27. The molecular formula is C19H26ClN5O2. The number of carbonyl (C=O) groups is 1. The smallest absolute Gasteiger partial charge is 0.273 e. The first kappa shape index (κ1) is 19.6. The van der Waals surface area contributed by atoms with Gasteiger partial charge in [-0.05, 0) is 51.3 Å². The molecule has 7 nitrogen and oxygen atoms in total. The Morgan fingerprint density at radius 1 is 1.22 bits per heavy atom. The van der Waals surface area contributed by atoms with Crippen LogP contribution in [0.25, 0.3) is 0 Å². The SMILES string of the molecule is Cl.O=C(NCc1ccccc1OC1CCC1)c1cn(C2CCNCC2)nn1. The van der Waals surface area contributed by atoms with Crippen molar-refractivity contribution in [2.45, 2.75) is 50.8 Å². The van der Waals surface area contributed by atoms with Crippen molar-refractivity contribution in [1.82, 2.24) is 25.6 Å². The molecule has 27 heavy (non-hydrogen) atoms. The van der Waals surface area contributed by atoms with Gasteiger partial charge in [-0.2, -0.15) is 0 Å². The zero-order valence-electron chi connectivity index (χ0n) is 15.3. The van der Waals surface area contributed by atoms with Gasteiger partial charge < -0.3 is 15.4 Å². The second-order valence-electron chi connectivity index (χ2n) is 7.03. The van der Waals surface area contributed by atoms with E-state index in [1.807, 2.05) is 28.9 Å². The van der Waals surface area contributed by atoms with E-state index in [4.69, 9.17) is 4.74 Å². The highest BCUT2D eigenvalue weighted by Crippen LogP contribution is 2.27. The number of hydrogen-bond donors (Lipinski definition) is 2. The minimum Gasteiger partial charge on any atom is -0.490 e. The Morgan fingerprint density at radius 3 is 2.74 bits per heavy atom. The van der Waals surface area contributed by atoms with Gasteiger partial charge in [0.05, 0.1) is 18.3 Å². The van der Waals surface area contributed by atoms with Crippen LogP contribution in [0.3, 0.4) is 0 Å². The van der Waals surface area contributed by atoms with E-state index in [0.29, 0.717) is 24.4 Å². The summed E-state index contributed by atoms with van der Waals surface area (Å²) in [5, 5.41) is 14.5. The number of para-hydroxylation sites is 1. The van der Waals surface area contributed by atoms with Crippen molar-refractivity contribution in [2.75, 3.05) is 13.1 Å². The zero-order valence-corrected chi connectivity index (χ0v) is 16.1. The normalized spacial score (nSPS) is 17.6. The number of piperidine rings is 1. The first-order valence-electron chi connectivity index (χ1n) is 9.45. The van der Waals surface area contributed by atoms with Gasteiger partial charge in [0, 0.05) is 12.1 Å². The molecule has 1 aromatic carbocycles. The molecule has 146 valence electrons. The monoisotopic (exact) mass is 391 g/mol. The van der Waals surface area contributed by atoms with E-state index in [2.05, 4.69) is 20.9 Å². The number of nitrogens with one attached hydrogen (secondary N) is 2. The van der Waals surface area contributed by atoms with Gasteiger partial charge in [-0.3, -0.25) is 4.79 Å². The van der Waals surface area contributed by atoms with Crippen molar-refractivity contribution < 1.29 is 9.53 Å². The quantitative estimate of drug-likeness (QED) is 0.790. The van der Waals surface area contributed by atoms with Gasteiger partial charge in [-0.1, -0.05) is 23.4 Å². The maximum Gasteiger partial charge on any atom is 0.273 e. The standard InChI is InChI=1S/C19H25N5O2.ClH/c25-19(17-13-24(23-22-17)15-8-10-20-11-9-15)21-12-14-4-1-2-7-18(14)26-16-5-3-6-16;/h1-2,4,7,13,15-16,20H,3,5-6,8-12H2,(H,21,25);1H. The zero-order chi connectivity index (χ0) is 17.8. The first-order valence-corrected chi connectivity index (χ1v) is 9.45. The van der Waals surface area contributed by atoms with Gasteiger partial charge in [-0.15, -0.1) is 17.5 Å². The molecule has 1 aromatic heterocycles. The third kappa shape index (κ3) is 4.78. The molecule has 0 atom stereocenters. The summed E-state index contributed by atoms with van der Waals surface area (Å²) in [6.07, 6.45) is 7.54. The van der Waals surface area contributed by atoms with Crippen LogP contribution in [0.2, 0.25) is 0 Å². The summed E-state index contributed by atoms with van der Waals surface area (Å²) >= 11 is 0. The van der Waals surface area contributed by atoms with Crippen LogP contribution in [0.15, 0.2) is 30.5 Å². The topological polar surface area (TPSA) is 81.1 Å². The molecule has 1 aliphatic heterocycles. The lowest BCUT2D eigenvalue weighted by atomic mass is 9.96. The average Bonchev–Trinajstić information content (AvgIpc) is 3.14. The Bertz CT molecular complexity index is 756. The molecule has 2 aromatic rings. The molecule has 2 aliphatic rings. The Labute approximate surface area is 165 Å². The Hall–Kier alpha value is -2.12. The summed E-state index contributed by atoms with van der Waals surface area (Å²) in [5.41, 5.74) is 1.35. The predicted molar refractivity (Wildman–Crippen MR) is 104 cm³/mol. The molecule has 1 aliphatic carbocycles. The fourth-order valence-corrected chi connectivity index (χ4v) is 3.33. The van der Waals surface area contributed by atoms with E-state index in [1.54, 1.807) is 6.20 Å². The molecular weight excluding hydrogens is 366 g/mol. The number of carbonyl (C=O) groups excluding carboxylic acids is 1. The number of hydrogen-bond acceptors (Lipinski definition) is 5. The number of ether oxygens (including phenoxy) is 1. The van der Waals surface area contributed by atoms with E-state index in [9.17, 15) is 4.79 Å². The molecule has 0 bridgehead atoms. The predicted octanol–water partition coefficient (Wildman–Crippen LogP) is 2.49. The summed E-state index contributed by atoms with van der Waals surface area (Å²) in [5.74, 6) is 0.652. The molecule has 0 radical (unpaired) electrons. The van der Waals surface area contributed by atoms with Gasteiger partial charge in [0.1, 0.15) is 5.75 Å². The van der Waals surface area contributed by atoms with E-state index >= 15 is 0 Å². The Balaban J connectivity index is 0.00000210. The molecule has 8 heteroatoms. The highest BCUT2D eigenvalue weighted by Gasteiger charge is 2.21. The summed E-state index contributed by atoms with van der Waals surface area (Å²) in [4.78, 5) is 12.4. The van der Waals surface area contributed by atoms with Crippen molar-refractivity contribution in [1.29, 1.82) is 0 Å². The molecule has 0 spiro atoms. The van der Waals surface area contributed by atoms with E-state index in [0.717, 1.165) is 50.1 Å². The summed E-state index contributed by atoms with van der Waals surface area (Å²) in [6.45, 7) is 2.37. The van der Waals surface area contributed by atoms with Crippen LogP contribution < -0.4 is 15.4 Å². The van der Waals surface area contributed by atoms with Crippen molar-refractivity contribution in [3.63, 3.8) is 0 Å². The van der Waals surface area contributed by atoms with E-state index in [-0.39, 0.29) is 18.3 Å². The second-order valence-corrected chi connectivity index (χ2v) is 7.03. The average molecular weight is 392 g/mol. The fraction of sp³-hybridized carbons (Fsp3) is 0.526. The number of benzene rings is 1. The molecule has 1 saturated heterocycles. The van der Waals surface area contributed by atoms with Crippen LogP contribution in [0, 0.1) is 0 Å². The van der Waals surface area contributed by atoms with Gasteiger partial charge in [0.25, 0.3) is 5.91 Å². The van der Waals surface area contributed by atoms with Crippen LogP contribution in [0.1, 0.15) is 54.2 Å². The summed E-state index contributed by atoms with van der Waals surface area (Å²) in [6, 6.07) is 8.20. The molecule has 1 amide bonds. The molecule has 4 rings (SSSR count). The molecule has 2 heterocycles. The minimum absolute atomic E-state index is 0. The molecule has 1 saturated carbocycles. The van der Waals surface area contributed by atoms with Crippen LogP contribution >= 0.6 is 12.4 Å². The number of rotatable bonds is 6. The fourth-order valence-electron chi connectivity index (χ4n) is 3.33. The number of amides is 1. The van der Waals surface area contributed by atoms with Crippen LogP contribution in [-0.4, -0.2) is 40.1 Å². The summed E-state index contributed by atoms with van der Waals surface area (Å²) in [7, 11) is 0. The van der Waals surface area contributed by atoms with Crippen molar-refractivity contribution >= 4 is 18.3 Å². The summed E-state index contributed by atoms with van der Waals surface area (Å²) < 4.78 is 7.84. The highest BCUT2D eigenvalue weighted by molar-refractivity contribution is 5.91. The molecule has 0 unspecified atom stereocenters. The highest BCUT2D eigenvalue weighted by atomic mass is 35.5. The molecule has 2 N–H and O–H groups in total. The maximum absolute atomic E-state index is 12.4. The maximum atomic E-state index is 12.4. The largest absolute Gasteiger partial charge is 0.490 e. The van der Waals surface area contributed by atoms with Gasteiger partial charge >= 0.3 is 0 Å². The van der Waals surface area contributed by atoms with Crippen LogP contribution in [-0.2, 0) is 6.54 Å². The van der Waals surface area contributed by atoms with Crippen molar-refractivity contribution in [3.05, 3.63) is 41.7 Å². The minimum atomic E-state index is -0.205. The lowest BCUT2D eigenvalue weighted by Crippen LogP contribution is -2.29. The Morgan fingerprint density at radius 2 is 2.00 bits per heavy atom. The van der Waals surface area contributed by atoms with Crippen LogP contribution in [0.4, 0.5) is 0 Å². The van der Waals surface area contributed by atoms with E-state index < -0.39 is 0 Å². The lowest BCUT2D eigenvalue weighted by molar-refractivity contribution is 0.0943. The molecule has 2 fully saturated rings. The van der Waals surface area contributed by atoms with Gasteiger partial charge in [0.15, 0.2) is 5.69 Å². The van der Waals surface area contributed by atoms with Crippen molar-refractivity contribution in [2.24, 2.45) is 0 Å². The van der Waals surface area contributed by atoms with Crippen molar-refractivity contribution in [3.8, 4) is 5.75 Å². The first-order chi connectivity index (χ1) is 12.8. The third-order valence-electron chi connectivity index (χ3n) is 5.18. The van der Waals surface area contributed by atoms with Crippen LogP contribution in [0.5, 0.6) is 5.75 Å².